The lowest BCUT2D eigenvalue weighted by atomic mass is 9.77. The van der Waals surface area contributed by atoms with Crippen molar-refractivity contribution in [2.24, 2.45) is 0 Å². The zero-order valence-electron chi connectivity index (χ0n) is 11.2. The molecule has 0 saturated heterocycles. The minimum Gasteiger partial charge on any atom is -0.395 e. The summed E-state index contributed by atoms with van der Waals surface area (Å²) in [5, 5.41) is 15.0. The first-order valence-corrected chi connectivity index (χ1v) is 7.28. The zero-order valence-corrected chi connectivity index (χ0v) is 11.2. The molecule has 0 fully saturated rings. The molecule has 3 nitrogen and oxygen atoms in total. The summed E-state index contributed by atoms with van der Waals surface area (Å²) in [4.78, 5) is 0. The molecule has 100 valence electrons. The van der Waals surface area contributed by atoms with Gasteiger partial charge in [0.1, 0.15) is 0 Å². The van der Waals surface area contributed by atoms with Crippen LogP contribution in [0.3, 0.4) is 0 Å². The van der Waals surface area contributed by atoms with Crippen molar-refractivity contribution in [2.75, 3.05) is 19.7 Å². The highest BCUT2D eigenvalue weighted by atomic mass is 16.3. The van der Waals surface area contributed by atoms with Crippen LogP contribution in [0.5, 0.6) is 0 Å². The van der Waals surface area contributed by atoms with Gasteiger partial charge in [0.05, 0.1) is 6.61 Å². The first kappa shape index (κ1) is 11.5. The van der Waals surface area contributed by atoms with E-state index in [0.29, 0.717) is 0 Å². The molecule has 19 heavy (non-hydrogen) atoms. The molecule has 0 aliphatic carbocycles. The van der Waals surface area contributed by atoms with Gasteiger partial charge in [-0.1, -0.05) is 18.2 Å². The average molecular weight is 256 g/mol. The maximum absolute atomic E-state index is 10.0. The summed E-state index contributed by atoms with van der Waals surface area (Å²) >= 11 is 0. The molecule has 3 heterocycles. The number of para-hydroxylation sites is 1. The summed E-state index contributed by atoms with van der Waals surface area (Å²) in [5.74, 6) is 0. The third kappa shape index (κ3) is 1.46. The maximum Gasteiger partial charge on any atom is 0.0554 e. The molecule has 3 heteroatoms. The third-order valence-corrected chi connectivity index (χ3v) is 4.93. The number of aliphatic hydroxyl groups excluding tert-OH is 1. The Morgan fingerprint density at radius 1 is 1.32 bits per heavy atom. The van der Waals surface area contributed by atoms with Crippen molar-refractivity contribution >= 4 is 10.9 Å². The molecular formula is C16H20N2O. The van der Waals surface area contributed by atoms with Gasteiger partial charge in [-0.3, -0.25) is 0 Å². The minimum atomic E-state index is -0.0664. The fourth-order valence-electron chi connectivity index (χ4n) is 4.08. The second-order valence-electron chi connectivity index (χ2n) is 5.96. The number of aliphatic hydroxyl groups is 1. The normalized spacial score (nSPS) is 26.2. The number of hydrogen-bond acceptors (Lipinski definition) is 2. The first-order valence-electron chi connectivity index (χ1n) is 7.28. The van der Waals surface area contributed by atoms with E-state index in [1.807, 2.05) is 0 Å². The van der Waals surface area contributed by atoms with Gasteiger partial charge in [-0.2, -0.15) is 0 Å². The highest BCUT2D eigenvalue weighted by Gasteiger charge is 2.41. The van der Waals surface area contributed by atoms with Gasteiger partial charge < -0.3 is 15.0 Å². The molecular weight excluding hydrogens is 236 g/mol. The SMILES string of the molecule is OCC12CCCn3c1c(c1ccccc13)CCNC2. The van der Waals surface area contributed by atoms with Crippen molar-refractivity contribution in [2.45, 2.75) is 31.2 Å². The van der Waals surface area contributed by atoms with Crippen LogP contribution in [0.4, 0.5) is 0 Å². The van der Waals surface area contributed by atoms with Crippen molar-refractivity contribution in [3.63, 3.8) is 0 Å². The lowest BCUT2D eigenvalue weighted by Gasteiger charge is -2.37. The smallest absolute Gasteiger partial charge is 0.0554 e. The van der Waals surface area contributed by atoms with Crippen molar-refractivity contribution in [1.29, 1.82) is 0 Å². The second kappa shape index (κ2) is 4.09. The molecule has 1 atom stereocenters. The zero-order chi connectivity index (χ0) is 12.9. The molecule has 0 saturated carbocycles. The molecule has 2 N–H and O–H groups in total. The Labute approximate surface area is 113 Å². The molecule has 2 aromatic rings. The van der Waals surface area contributed by atoms with Gasteiger partial charge in [0.25, 0.3) is 0 Å². The van der Waals surface area contributed by atoms with Crippen molar-refractivity contribution < 1.29 is 5.11 Å². The summed E-state index contributed by atoms with van der Waals surface area (Å²) < 4.78 is 2.47. The van der Waals surface area contributed by atoms with Crippen LogP contribution in [-0.2, 0) is 18.4 Å². The van der Waals surface area contributed by atoms with E-state index in [0.717, 1.165) is 38.9 Å². The monoisotopic (exact) mass is 256 g/mol. The van der Waals surface area contributed by atoms with Crippen LogP contribution >= 0.6 is 0 Å². The number of benzene rings is 1. The molecule has 1 aromatic carbocycles. The van der Waals surface area contributed by atoms with Crippen LogP contribution in [0.2, 0.25) is 0 Å². The van der Waals surface area contributed by atoms with Crippen molar-refractivity contribution in [3.05, 3.63) is 35.5 Å². The van der Waals surface area contributed by atoms with E-state index in [9.17, 15) is 5.11 Å². The summed E-state index contributed by atoms with van der Waals surface area (Å²) in [6.45, 7) is 3.27. The van der Waals surface area contributed by atoms with Crippen LogP contribution in [0, 0.1) is 0 Å². The number of nitrogens with one attached hydrogen (secondary N) is 1. The van der Waals surface area contributed by atoms with Gasteiger partial charge in [-0.05, 0) is 37.4 Å². The Bertz CT molecular complexity index is 631. The van der Waals surface area contributed by atoms with E-state index in [1.165, 1.54) is 22.2 Å². The van der Waals surface area contributed by atoms with Gasteiger partial charge in [0.2, 0.25) is 0 Å². The second-order valence-corrected chi connectivity index (χ2v) is 5.96. The molecule has 0 radical (unpaired) electrons. The molecule has 0 amide bonds. The van der Waals surface area contributed by atoms with E-state index in [1.54, 1.807) is 0 Å². The predicted molar refractivity (Wildman–Crippen MR) is 76.5 cm³/mol. The highest BCUT2D eigenvalue weighted by Crippen LogP contribution is 2.42. The first-order chi connectivity index (χ1) is 9.36. The Morgan fingerprint density at radius 3 is 3.11 bits per heavy atom. The van der Waals surface area contributed by atoms with Gasteiger partial charge in [0, 0.05) is 35.1 Å². The fourth-order valence-corrected chi connectivity index (χ4v) is 4.08. The largest absolute Gasteiger partial charge is 0.395 e. The van der Waals surface area contributed by atoms with Gasteiger partial charge in [0.15, 0.2) is 0 Å². The Kier molecular flexibility index (Phi) is 2.47. The summed E-state index contributed by atoms with van der Waals surface area (Å²) in [7, 11) is 0. The molecule has 0 spiro atoms. The third-order valence-electron chi connectivity index (χ3n) is 4.93. The van der Waals surface area contributed by atoms with Gasteiger partial charge >= 0.3 is 0 Å². The molecule has 2 aliphatic rings. The maximum atomic E-state index is 10.0. The molecule has 1 aromatic heterocycles. The van der Waals surface area contributed by atoms with Gasteiger partial charge in [-0.25, -0.2) is 0 Å². The van der Waals surface area contributed by atoms with E-state index < -0.39 is 0 Å². The van der Waals surface area contributed by atoms with Crippen LogP contribution in [-0.4, -0.2) is 29.4 Å². The van der Waals surface area contributed by atoms with Crippen LogP contribution in [0.1, 0.15) is 24.1 Å². The van der Waals surface area contributed by atoms with Crippen molar-refractivity contribution in [3.8, 4) is 0 Å². The summed E-state index contributed by atoms with van der Waals surface area (Å²) in [6.07, 6.45) is 3.33. The van der Waals surface area contributed by atoms with Crippen molar-refractivity contribution in [1.82, 2.24) is 9.88 Å². The number of hydrogen-bond donors (Lipinski definition) is 2. The Morgan fingerprint density at radius 2 is 2.21 bits per heavy atom. The van der Waals surface area contributed by atoms with E-state index in [-0.39, 0.29) is 12.0 Å². The standard InChI is InChI=1S/C16H20N2O/c19-11-16-7-3-9-18-14-5-2-1-4-12(14)13(15(16)18)6-8-17-10-16/h1-2,4-5,17,19H,3,6-11H2. The lowest BCUT2D eigenvalue weighted by Crippen LogP contribution is -2.44. The number of aryl methyl sites for hydroxylation is 1. The van der Waals surface area contributed by atoms with Gasteiger partial charge in [-0.15, -0.1) is 0 Å². The molecule has 4 rings (SSSR count). The number of nitrogens with zero attached hydrogens (tertiary/aromatic N) is 1. The number of fused-ring (bicyclic) bond motifs is 3. The number of aromatic nitrogens is 1. The van der Waals surface area contributed by atoms with E-state index in [2.05, 4.69) is 34.1 Å². The molecule has 2 aliphatic heterocycles. The molecule has 1 unspecified atom stereocenters. The predicted octanol–water partition coefficient (Wildman–Crippen LogP) is 1.81. The Hall–Kier alpha value is -1.32. The fraction of sp³-hybridized carbons (Fsp3) is 0.500. The van der Waals surface area contributed by atoms with Crippen LogP contribution < -0.4 is 5.32 Å². The average Bonchev–Trinajstić information content (AvgIpc) is 2.66. The number of rotatable bonds is 1. The summed E-state index contributed by atoms with van der Waals surface area (Å²) in [5.41, 5.74) is 4.16. The summed E-state index contributed by atoms with van der Waals surface area (Å²) in [6, 6.07) is 8.72. The van der Waals surface area contributed by atoms with E-state index in [4.69, 9.17) is 0 Å². The topological polar surface area (TPSA) is 37.2 Å². The Balaban J connectivity index is 2.10. The lowest BCUT2D eigenvalue weighted by molar-refractivity contribution is 0.159. The van der Waals surface area contributed by atoms with Crippen LogP contribution in [0.15, 0.2) is 24.3 Å². The minimum absolute atomic E-state index is 0.0664. The highest BCUT2D eigenvalue weighted by molar-refractivity contribution is 5.86. The van der Waals surface area contributed by atoms with Crippen LogP contribution in [0.25, 0.3) is 10.9 Å². The quantitative estimate of drug-likeness (QED) is 0.816. The molecule has 0 bridgehead atoms. The van der Waals surface area contributed by atoms with E-state index >= 15 is 0 Å².